The number of β-amino-alcohol motifs (C(OH)–C–C–N with tert-alkyl or cyclic N) is 1. The van der Waals surface area contributed by atoms with Gasteiger partial charge < -0.3 is 20.8 Å². The zero-order chi connectivity index (χ0) is 13.0. The van der Waals surface area contributed by atoms with E-state index in [4.69, 9.17) is 0 Å². The van der Waals surface area contributed by atoms with Crippen molar-refractivity contribution in [2.45, 2.75) is 18.1 Å². The summed E-state index contributed by atoms with van der Waals surface area (Å²) in [6.07, 6.45) is 3.73. The number of hydrogen-bond acceptors (Lipinski definition) is 6. The van der Waals surface area contributed by atoms with Crippen molar-refractivity contribution < 1.29 is 15.0 Å². The molecule has 1 aromatic heterocycles. The number of nitrogens with zero attached hydrogens (tertiary/aromatic N) is 2. The zero-order valence-corrected chi connectivity index (χ0v) is 9.83. The molecule has 7 heteroatoms. The Labute approximate surface area is 104 Å². The summed E-state index contributed by atoms with van der Waals surface area (Å²) >= 11 is 0. The number of aliphatic hydroxyl groups excluding tert-OH is 1. The van der Waals surface area contributed by atoms with Crippen molar-refractivity contribution in [1.29, 1.82) is 0 Å². The van der Waals surface area contributed by atoms with Crippen LogP contribution in [0, 0.1) is 0 Å². The summed E-state index contributed by atoms with van der Waals surface area (Å²) in [6, 6.07) is 0. The van der Waals surface area contributed by atoms with Gasteiger partial charge in [0.15, 0.2) is 0 Å². The fraction of sp³-hybridized carbons (Fsp3) is 0.545. The van der Waals surface area contributed by atoms with Gasteiger partial charge in [-0.25, -0.2) is 4.98 Å². The molecular formula is C11H16N4O3. The molecule has 1 amide bonds. The molecule has 1 fully saturated rings. The van der Waals surface area contributed by atoms with Gasteiger partial charge in [0, 0.05) is 25.5 Å². The Morgan fingerprint density at radius 3 is 3.11 bits per heavy atom. The van der Waals surface area contributed by atoms with Crippen LogP contribution < -0.4 is 10.6 Å². The number of aromatic nitrogens is 2. The fourth-order valence-corrected chi connectivity index (χ4v) is 1.85. The first-order chi connectivity index (χ1) is 8.62. The van der Waals surface area contributed by atoms with Crippen LogP contribution in [0.5, 0.6) is 0 Å². The van der Waals surface area contributed by atoms with Crippen molar-refractivity contribution in [3.63, 3.8) is 0 Å². The van der Waals surface area contributed by atoms with Gasteiger partial charge >= 0.3 is 0 Å². The van der Waals surface area contributed by atoms with Crippen molar-refractivity contribution in [1.82, 2.24) is 20.6 Å². The van der Waals surface area contributed by atoms with Crippen molar-refractivity contribution >= 4 is 5.91 Å². The van der Waals surface area contributed by atoms with Crippen LogP contribution in [0.2, 0.25) is 0 Å². The van der Waals surface area contributed by atoms with Crippen LogP contribution in [0.15, 0.2) is 18.6 Å². The van der Waals surface area contributed by atoms with E-state index in [9.17, 15) is 15.0 Å². The first-order valence-electron chi connectivity index (χ1n) is 5.77. The van der Waals surface area contributed by atoms with Crippen LogP contribution in [0.4, 0.5) is 0 Å². The molecule has 7 nitrogen and oxygen atoms in total. The van der Waals surface area contributed by atoms with Crippen molar-refractivity contribution in [2.75, 3.05) is 19.6 Å². The highest BCUT2D eigenvalue weighted by Gasteiger charge is 2.38. The van der Waals surface area contributed by atoms with Gasteiger partial charge in [0.2, 0.25) is 0 Å². The maximum atomic E-state index is 11.7. The van der Waals surface area contributed by atoms with E-state index in [-0.39, 0.29) is 12.2 Å². The molecule has 0 aliphatic carbocycles. The van der Waals surface area contributed by atoms with Crippen molar-refractivity contribution in [3.05, 3.63) is 24.3 Å². The smallest absolute Gasteiger partial charge is 0.271 e. The Balaban J connectivity index is 1.93. The van der Waals surface area contributed by atoms with Crippen LogP contribution in [0.1, 0.15) is 16.9 Å². The molecule has 1 aromatic rings. The summed E-state index contributed by atoms with van der Waals surface area (Å²) in [7, 11) is 0. The summed E-state index contributed by atoms with van der Waals surface area (Å²) in [5, 5.41) is 25.4. The third-order valence-electron chi connectivity index (χ3n) is 3.04. The minimum atomic E-state index is -1.29. The third-order valence-corrected chi connectivity index (χ3v) is 3.04. The molecule has 1 aliphatic heterocycles. The number of piperidine rings is 1. The fourth-order valence-electron chi connectivity index (χ4n) is 1.85. The lowest BCUT2D eigenvalue weighted by Crippen LogP contribution is -2.59. The van der Waals surface area contributed by atoms with E-state index < -0.39 is 17.6 Å². The predicted molar refractivity (Wildman–Crippen MR) is 62.8 cm³/mol. The van der Waals surface area contributed by atoms with Gasteiger partial charge in [-0.2, -0.15) is 0 Å². The molecule has 2 heterocycles. The standard InChI is InChI=1S/C11H16N4O3/c16-9-6-12-2-1-11(9,18)7-15-10(17)8-5-13-3-4-14-8/h3-5,9,12,16,18H,1-2,6-7H2,(H,15,17)/t9-,11-/m1/s1. The lowest BCUT2D eigenvalue weighted by atomic mass is 9.89. The van der Waals surface area contributed by atoms with Gasteiger partial charge in [-0.3, -0.25) is 9.78 Å². The number of amides is 1. The van der Waals surface area contributed by atoms with Crippen LogP contribution >= 0.6 is 0 Å². The Morgan fingerprint density at radius 1 is 1.61 bits per heavy atom. The number of nitrogens with one attached hydrogen (secondary N) is 2. The second kappa shape index (κ2) is 5.38. The first-order valence-corrected chi connectivity index (χ1v) is 5.77. The van der Waals surface area contributed by atoms with E-state index in [1.165, 1.54) is 18.6 Å². The Hall–Kier alpha value is -1.57. The highest BCUT2D eigenvalue weighted by atomic mass is 16.3. The summed E-state index contributed by atoms with van der Waals surface area (Å²) < 4.78 is 0. The molecule has 1 saturated heterocycles. The number of carbonyl (C=O) groups is 1. The highest BCUT2D eigenvalue weighted by Crippen LogP contribution is 2.17. The Bertz CT molecular complexity index is 414. The number of carbonyl (C=O) groups excluding carboxylic acids is 1. The molecule has 0 bridgehead atoms. The quantitative estimate of drug-likeness (QED) is 0.510. The van der Waals surface area contributed by atoms with E-state index in [2.05, 4.69) is 20.6 Å². The van der Waals surface area contributed by atoms with Gasteiger partial charge in [-0.05, 0) is 13.0 Å². The molecule has 1 aliphatic rings. The van der Waals surface area contributed by atoms with E-state index in [0.29, 0.717) is 19.5 Å². The monoisotopic (exact) mass is 252 g/mol. The lowest BCUT2D eigenvalue weighted by molar-refractivity contribution is -0.0883. The number of rotatable bonds is 3. The number of aliphatic hydroxyl groups is 2. The van der Waals surface area contributed by atoms with Gasteiger partial charge in [0.1, 0.15) is 11.3 Å². The zero-order valence-electron chi connectivity index (χ0n) is 9.83. The van der Waals surface area contributed by atoms with E-state index in [1.807, 2.05) is 0 Å². The molecule has 0 unspecified atom stereocenters. The lowest BCUT2D eigenvalue weighted by Gasteiger charge is -2.37. The molecule has 2 atom stereocenters. The molecule has 18 heavy (non-hydrogen) atoms. The average molecular weight is 252 g/mol. The SMILES string of the molecule is O=C(NC[C@]1(O)CCNC[C@H]1O)c1cnccn1. The van der Waals surface area contributed by atoms with E-state index in [1.54, 1.807) is 0 Å². The highest BCUT2D eigenvalue weighted by molar-refractivity contribution is 5.91. The Kier molecular flexibility index (Phi) is 3.85. The molecular weight excluding hydrogens is 236 g/mol. The molecule has 0 radical (unpaired) electrons. The summed E-state index contributed by atoms with van der Waals surface area (Å²) in [4.78, 5) is 19.4. The normalized spacial score (nSPS) is 27.8. The second-order valence-corrected chi connectivity index (χ2v) is 4.35. The molecule has 0 spiro atoms. The molecule has 0 aromatic carbocycles. The Morgan fingerprint density at radius 2 is 2.44 bits per heavy atom. The van der Waals surface area contributed by atoms with E-state index >= 15 is 0 Å². The minimum Gasteiger partial charge on any atom is -0.389 e. The molecule has 0 saturated carbocycles. The topological polar surface area (TPSA) is 107 Å². The number of hydrogen-bond donors (Lipinski definition) is 4. The third kappa shape index (κ3) is 2.81. The largest absolute Gasteiger partial charge is 0.389 e. The van der Waals surface area contributed by atoms with Crippen molar-refractivity contribution in [2.24, 2.45) is 0 Å². The van der Waals surface area contributed by atoms with Gasteiger partial charge in [-0.15, -0.1) is 0 Å². The average Bonchev–Trinajstić information content (AvgIpc) is 2.41. The van der Waals surface area contributed by atoms with E-state index in [0.717, 1.165) is 0 Å². The predicted octanol–water partition coefficient (Wildman–Crippen LogP) is -1.71. The second-order valence-electron chi connectivity index (χ2n) is 4.35. The maximum absolute atomic E-state index is 11.7. The molecule has 4 N–H and O–H groups in total. The minimum absolute atomic E-state index is 0.00868. The molecule has 98 valence electrons. The summed E-state index contributed by atoms with van der Waals surface area (Å²) in [5.41, 5.74) is -1.10. The van der Waals surface area contributed by atoms with Crippen LogP contribution in [-0.2, 0) is 0 Å². The maximum Gasteiger partial charge on any atom is 0.271 e. The van der Waals surface area contributed by atoms with Crippen LogP contribution in [-0.4, -0.2) is 57.4 Å². The van der Waals surface area contributed by atoms with Gasteiger partial charge in [0.05, 0.1) is 12.3 Å². The van der Waals surface area contributed by atoms with Gasteiger partial charge in [-0.1, -0.05) is 0 Å². The summed E-state index contributed by atoms with van der Waals surface area (Å²) in [5.74, 6) is -0.415. The van der Waals surface area contributed by atoms with Crippen LogP contribution in [0.25, 0.3) is 0 Å². The first kappa shape index (κ1) is 12.9. The van der Waals surface area contributed by atoms with Crippen LogP contribution in [0.3, 0.4) is 0 Å². The summed E-state index contributed by atoms with van der Waals surface area (Å²) in [6.45, 7) is 0.914. The van der Waals surface area contributed by atoms with Gasteiger partial charge in [0.25, 0.3) is 5.91 Å². The molecule has 2 rings (SSSR count). The van der Waals surface area contributed by atoms with Crippen molar-refractivity contribution in [3.8, 4) is 0 Å².